The van der Waals surface area contributed by atoms with E-state index < -0.39 is 5.60 Å². The van der Waals surface area contributed by atoms with Crippen LogP contribution in [0.3, 0.4) is 0 Å². The Morgan fingerprint density at radius 2 is 1.11 bits per heavy atom. The lowest BCUT2D eigenvalue weighted by molar-refractivity contribution is -0.0143. The summed E-state index contributed by atoms with van der Waals surface area (Å²) in [4.78, 5) is 0. The van der Waals surface area contributed by atoms with E-state index in [4.69, 9.17) is 42.6 Å². The highest BCUT2D eigenvalue weighted by atomic mass is 16.6. The Labute approximate surface area is 379 Å². The summed E-state index contributed by atoms with van der Waals surface area (Å²) >= 11 is 0. The fraction of sp³-hybridized carbons (Fsp3) is 0.630. The molecule has 2 heterocycles. The molecule has 0 fully saturated rings. The van der Waals surface area contributed by atoms with Gasteiger partial charge in [-0.25, -0.2) is 0 Å². The molecule has 0 saturated heterocycles. The molecular formula is C54H78O9. The van der Waals surface area contributed by atoms with Crippen LogP contribution in [0.25, 0.3) is 11.1 Å². The molecule has 348 valence electrons. The van der Waals surface area contributed by atoms with Crippen LogP contribution in [0.5, 0.6) is 23.0 Å². The third kappa shape index (κ3) is 13.7. The Bertz CT molecular complexity index is 1920. The average molecular weight is 871 g/mol. The molecule has 63 heavy (non-hydrogen) atoms. The van der Waals surface area contributed by atoms with Crippen LogP contribution in [0, 0.1) is 12.8 Å². The molecule has 9 heteroatoms. The molecule has 6 rings (SSSR count). The van der Waals surface area contributed by atoms with Crippen molar-refractivity contribution in [1.82, 2.24) is 0 Å². The molecule has 3 aromatic carbocycles. The smallest absolute Gasteiger partial charge is 0.132 e. The van der Waals surface area contributed by atoms with E-state index in [1.165, 1.54) is 71.1 Å². The first-order valence-electron chi connectivity index (χ1n) is 24.2. The lowest BCUT2D eigenvalue weighted by Gasteiger charge is -2.46. The van der Waals surface area contributed by atoms with Crippen molar-refractivity contribution in [2.24, 2.45) is 5.92 Å². The minimum absolute atomic E-state index is 0.214. The molecule has 3 aromatic rings. The van der Waals surface area contributed by atoms with Gasteiger partial charge in [-0.15, -0.1) is 0 Å². The van der Waals surface area contributed by atoms with Gasteiger partial charge in [0.1, 0.15) is 47.4 Å². The summed E-state index contributed by atoms with van der Waals surface area (Å²) in [5.41, 5.74) is 9.17. The fourth-order valence-corrected chi connectivity index (χ4v) is 9.35. The summed E-state index contributed by atoms with van der Waals surface area (Å²) in [5, 5.41) is 0. The van der Waals surface area contributed by atoms with Gasteiger partial charge >= 0.3 is 0 Å². The summed E-state index contributed by atoms with van der Waals surface area (Å²) in [6.45, 7) is 23.5. The number of ether oxygens (including phenoxy) is 9. The van der Waals surface area contributed by atoms with Crippen molar-refractivity contribution in [3.8, 4) is 34.1 Å². The van der Waals surface area contributed by atoms with Crippen molar-refractivity contribution in [2.45, 2.75) is 137 Å². The highest BCUT2D eigenvalue weighted by Crippen LogP contribution is 2.54. The lowest BCUT2D eigenvalue weighted by atomic mass is 9.68. The first kappa shape index (κ1) is 48.8. The summed E-state index contributed by atoms with van der Waals surface area (Å²) in [6, 6.07) is 15.5. The molecule has 0 unspecified atom stereocenters. The van der Waals surface area contributed by atoms with E-state index in [1.54, 1.807) is 0 Å². The van der Waals surface area contributed by atoms with E-state index in [1.807, 2.05) is 0 Å². The van der Waals surface area contributed by atoms with Crippen molar-refractivity contribution in [2.75, 3.05) is 79.3 Å². The SMILES string of the molecule is CCCCCc1cc(OCCOCCOCCOCCOCCOCCOc2cc(CCCCC)cc3c2[C@@H]2C=C(C)CC[C@H]2C(C)(C)O3)c2c(c1)OC(C)(C)c1ccc(C)cc1-2. The highest BCUT2D eigenvalue weighted by molar-refractivity contribution is 5.82. The molecule has 9 nitrogen and oxygen atoms in total. The zero-order valence-corrected chi connectivity index (χ0v) is 40.0. The number of hydrogen-bond acceptors (Lipinski definition) is 9. The van der Waals surface area contributed by atoms with E-state index >= 15 is 0 Å². The molecule has 0 bridgehead atoms. The van der Waals surface area contributed by atoms with Crippen LogP contribution in [0.4, 0.5) is 0 Å². The van der Waals surface area contributed by atoms with E-state index in [0.29, 0.717) is 91.1 Å². The largest absolute Gasteiger partial charge is 0.491 e. The minimum atomic E-state index is -0.419. The zero-order chi connectivity index (χ0) is 44.7. The Kier molecular flexibility index (Phi) is 18.7. The Hall–Kier alpha value is -3.60. The molecule has 0 spiro atoms. The summed E-state index contributed by atoms with van der Waals surface area (Å²) in [5.74, 6) is 4.43. The van der Waals surface area contributed by atoms with E-state index in [0.717, 1.165) is 60.7 Å². The van der Waals surface area contributed by atoms with Crippen LogP contribution >= 0.6 is 0 Å². The standard InChI is InChI=1S/C54H78O9/c1-9-11-13-15-41-35-47(51-43-33-39(3)17-19-45(43)53(5,6)62-49(51)37-41)60-31-29-58-27-25-56-23-21-55-22-24-57-26-28-59-30-32-61-48-36-42(16-14-12-10-2)38-50-52(48)44-34-40(4)18-20-46(44)54(7,8)63-50/h17,19,33-38,44,46H,9-16,18,20-32H2,1-8H3/t44-,46-/m1/s1. The zero-order valence-electron chi connectivity index (χ0n) is 40.0. The molecule has 0 N–H and O–H groups in total. The number of fused-ring (bicyclic) bond motifs is 6. The predicted octanol–water partition coefficient (Wildman–Crippen LogP) is 11.9. The average Bonchev–Trinajstić information content (AvgIpc) is 3.23. The summed E-state index contributed by atoms with van der Waals surface area (Å²) in [7, 11) is 0. The van der Waals surface area contributed by atoms with Crippen LogP contribution < -0.4 is 18.9 Å². The molecule has 2 atom stereocenters. The lowest BCUT2D eigenvalue weighted by Crippen LogP contribution is -2.45. The molecule has 2 aliphatic heterocycles. The number of allylic oxidation sites excluding steroid dienone is 2. The van der Waals surface area contributed by atoms with Crippen molar-refractivity contribution in [1.29, 1.82) is 0 Å². The topological polar surface area (TPSA) is 83.1 Å². The maximum absolute atomic E-state index is 6.72. The van der Waals surface area contributed by atoms with Crippen molar-refractivity contribution in [3.05, 3.63) is 81.9 Å². The maximum Gasteiger partial charge on any atom is 0.132 e. The van der Waals surface area contributed by atoms with Gasteiger partial charge in [-0.1, -0.05) is 74.9 Å². The van der Waals surface area contributed by atoms with Gasteiger partial charge in [-0.05, 0) is 121 Å². The van der Waals surface area contributed by atoms with Gasteiger partial charge in [0.2, 0.25) is 0 Å². The van der Waals surface area contributed by atoms with Crippen molar-refractivity contribution >= 4 is 0 Å². The minimum Gasteiger partial charge on any atom is -0.491 e. The first-order chi connectivity index (χ1) is 30.5. The monoisotopic (exact) mass is 871 g/mol. The molecule has 1 aliphatic carbocycles. The Balaban J connectivity index is 0.818. The normalized spacial score (nSPS) is 18.0. The number of unbranched alkanes of at least 4 members (excludes halogenated alkanes) is 4. The number of aryl methyl sites for hydroxylation is 3. The Morgan fingerprint density at radius 3 is 1.68 bits per heavy atom. The van der Waals surface area contributed by atoms with Crippen LogP contribution in [-0.4, -0.2) is 84.9 Å². The Morgan fingerprint density at radius 1 is 0.587 bits per heavy atom. The van der Waals surface area contributed by atoms with E-state index in [2.05, 4.69) is 104 Å². The summed E-state index contributed by atoms with van der Waals surface area (Å²) in [6.07, 6.45) is 13.9. The van der Waals surface area contributed by atoms with E-state index in [-0.39, 0.29) is 5.60 Å². The van der Waals surface area contributed by atoms with Crippen LogP contribution in [0.2, 0.25) is 0 Å². The van der Waals surface area contributed by atoms with Crippen molar-refractivity contribution in [3.63, 3.8) is 0 Å². The van der Waals surface area contributed by atoms with Crippen LogP contribution in [0.1, 0.15) is 134 Å². The van der Waals surface area contributed by atoms with Crippen LogP contribution in [0.15, 0.2) is 54.1 Å². The number of hydrogen-bond donors (Lipinski definition) is 0. The van der Waals surface area contributed by atoms with Gasteiger partial charge in [0, 0.05) is 23.0 Å². The molecule has 3 aliphatic rings. The third-order valence-electron chi connectivity index (χ3n) is 12.7. The quantitative estimate of drug-likeness (QED) is 0.0523. The van der Waals surface area contributed by atoms with Gasteiger partial charge < -0.3 is 42.6 Å². The van der Waals surface area contributed by atoms with Gasteiger partial charge in [0.15, 0.2) is 0 Å². The molecule has 0 aromatic heterocycles. The molecular weight excluding hydrogens is 793 g/mol. The van der Waals surface area contributed by atoms with Gasteiger partial charge in [0.25, 0.3) is 0 Å². The van der Waals surface area contributed by atoms with Crippen molar-refractivity contribution < 1.29 is 42.6 Å². The summed E-state index contributed by atoms with van der Waals surface area (Å²) < 4.78 is 55.1. The highest BCUT2D eigenvalue weighted by Gasteiger charge is 2.45. The maximum atomic E-state index is 6.72. The molecule has 0 saturated carbocycles. The molecule has 0 radical (unpaired) electrons. The second-order valence-electron chi connectivity index (χ2n) is 18.7. The second-order valence-corrected chi connectivity index (χ2v) is 18.7. The predicted molar refractivity (Wildman–Crippen MR) is 252 cm³/mol. The first-order valence-corrected chi connectivity index (χ1v) is 24.2. The van der Waals surface area contributed by atoms with Crippen LogP contribution in [-0.2, 0) is 42.1 Å². The fourth-order valence-electron chi connectivity index (χ4n) is 9.35. The second kappa shape index (κ2) is 24.1. The number of rotatable bonds is 28. The van der Waals surface area contributed by atoms with Gasteiger partial charge in [-0.3, -0.25) is 0 Å². The van der Waals surface area contributed by atoms with Gasteiger partial charge in [-0.2, -0.15) is 0 Å². The molecule has 0 amide bonds. The van der Waals surface area contributed by atoms with Gasteiger partial charge in [0.05, 0.1) is 71.6 Å². The number of benzene rings is 3. The van der Waals surface area contributed by atoms with E-state index in [9.17, 15) is 0 Å². The third-order valence-corrected chi connectivity index (χ3v) is 12.7.